The molecule has 0 N–H and O–H groups in total. The summed E-state index contributed by atoms with van der Waals surface area (Å²) in [5.41, 5.74) is 2.88. The molecule has 2 aliphatic carbocycles. The van der Waals surface area contributed by atoms with Crippen LogP contribution >= 0.6 is 0 Å². The number of hydrogen-bond acceptors (Lipinski definition) is 0. The number of hydrogen-bond donors (Lipinski definition) is 0. The first-order valence-corrected chi connectivity index (χ1v) is 7.44. The van der Waals surface area contributed by atoms with Crippen molar-refractivity contribution < 1.29 is 0 Å². The Bertz CT molecular complexity index is 1150. The van der Waals surface area contributed by atoms with Crippen molar-refractivity contribution in [3.63, 3.8) is 0 Å². The molecule has 0 radical (unpaired) electrons. The molecule has 0 heteroatoms. The highest BCUT2D eigenvalue weighted by atomic mass is 14.1. The van der Waals surface area contributed by atoms with E-state index in [9.17, 15) is 0 Å². The van der Waals surface area contributed by atoms with Crippen LogP contribution in [0.2, 0.25) is 0 Å². The lowest BCUT2D eigenvalue weighted by atomic mass is 9.97. The van der Waals surface area contributed by atoms with Crippen LogP contribution in [0.25, 0.3) is 22.9 Å². The predicted molar refractivity (Wildman–Crippen MR) is 88.2 cm³/mol. The summed E-state index contributed by atoms with van der Waals surface area (Å²) in [6, 6.07) is 17.8. The van der Waals surface area contributed by atoms with Gasteiger partial charge in [-0.2, -0.15) is 0 Å². The zero-order valence-corrected chi connectivity index (χ0v) is 11.6. The molecule has 0 aliphatic heterocycles. The molecule has 5 rings (SSSR count). The van der Waals surface area contributed by atoms with E-state index in [1.165, 1.54) is 42.8 Å². The summed E-state index contributed by atoms with van der Waals surface area (Å²) in [5, 5.41) is 8.12. The van der Waals surface area contributed by atoms with Gasteiger partial charge in [0.05, 0.1) is 0 Å². The van der Waals surface area contributed by atoms with Crippen molar-refractivity contribution in [2.75, 3.05) is 0 Å². The van der Waals surface area contributed by atoms with E-state index >= 15 is 0 Å². The minimum atomic E-state index is 1.04. The van der Waals surface area contributed by atoms with Crippen molar-refractivity contribution in [3.8, 4) is 0 Å². The summed E-state index contributed by atoms with van der Waals surface area (Å²) >= 11 is 0. The number of fused-ring (bicyclic) bond motifs is 5. The molecule has 0 nitrogen and oxygen atoms in total. The Labute approximate surface area is 122 Å². The summed E-state index contributed by atoms with van der Waals surface area (Å²) in [5.74, 6) is 0. The lowest BCUT2D eigenvalue weighted by Crippen LogP contribution is -2.12. The van der Waals surface area contributed by atoms with E-state index in [4.69, 9.17) is 0 Å². The SMILES string of the molecule is C1=CCc2c3c(ccc2=C1)=c1cc2ccccc2cc1=C3. The lowest BCUT2D eigenvalue weighted by Gasteiger charge is -2.07. The second kappa shape index (κ2) is 3.95. The topological polar surface area (TPSA) is 0 Å². The van der Waals surface area contributed by atoms with Gasteiger partial charge in [-0.25, -0.2) is 0 Å². The first-order valence-electron chi connectivity index (χ1n) is 7.44. The van der Waals surface area contributed by atoms with E-state index in [1.54, 1.807) is 0 Å². The molecule has 0 fully saturated rings. The van der Waals surface area contributed by atoms with Crippen LogP contribution in [0.4, 0.5) is 0 Å². The minimum absolute atomic E-state index is 1.04. The number of allylic oxidation sites excluding steroid dienone is 2. The van der Waals surface area contributed by atoms with Gasteiger partial charge in [-0.05, 0) is 67.4 Å². The molecule has 98 valence electrons. The van der Waals surface area contributed by atoms with Crippen LogP contribution < -0.4 is 10.4 Å². The van der Waals surface area contributed by atoms with Gasteiger partial charge in [-0.15, -0.1) is 0 Å². The van der Waals surface area contributed by atoms with Gasteiger partial charge in [-0.1, -0.05) is 54.6 Å². The molecule has 2 aliphatic rings. The van der Waals surface area contributed by atoms with Crippen LogP contribution in [0.3, 0.4) is 0 Å². The highest BCUT2D eigenvalue weighted by Gasteiger charge is 2.10. The third kappa shape index (κ3) is 1.50. The van der Waals surface area contributed by atoms with Crippen molar-refractivity contribution >= 4 is 22.9 Å². The third-order valence-electron chi connectivity index (χ3n) is 4.64. The van der Waals surface area contributed by atoms with Gasteiger partial charge in [0.1, 0.15) is 0 Å². The van der Waals surface area contributed by atoms with Gasteiger partial charge < -0.3 is 0 Å². The quantitative estimate of drug-likeness (QED) is 0.458. The highest BCUT2D eigenvalue weighted by molar-refractivity contribution is 5.83. The molecular formula is C21H14. The summed E-state index contributed by atoms with van der Waals surface area (Å²) in [7, 11) is 0. The van der Waals surface area contributed by atoms with Crippen LogP contribution in [0.1, 0.15) is 11.1 Å². The summed E-state index contributed by atoms with van der Waals surface area (Å²) in [4.78, 5) is 0. The van der Waals surface area contributed by atoms with Crippen LogP contribution in [-0.2, 0) is 6.42 Å². The Morgan fingerprint density at radius 3 is 2.52 bits per heavy atom. The summed E-state index contributed by atoms with van der Waals surface area (Å²) in [6.45, 7) is 0. The Balaban J connectivity index is 2.01. The standard InChI is InChI=1S/C21H14/c1-2-7-16-12-20-17(11-15(16)6-1)13-21-18-8-4-3-5-14(18)9-10-19(20)21/h1-7,9-13H,8H2. The molecular weight excluding hydrogens is 252 g/mol. The molecule has 0 saturated carbocycles. The van der Waals surface area contributed by atoms with Crippen LogP contribution in [0.5, 0.6) is 0 Å². The molecule has 0 heterocycles. The van der Waals surface area contributed by atoms with E-state index in [1.807, 2.05) is 0 Å². The van der Waals surface area contributed by atoms with E-state index < -0.39 is 0 Å². The summed E-state index contributed by atoms with van der Waals surface area (Å²) in [6.07, 6.45) is 10.0. The predicted octanol–water partition coefficient (Wildman–Crippen LogP) is 3.16. The van der Waals surface area contributed by atoms with Gasteiger partial charge >= 0.3 is 0 Å². The molecule has 3 aromatic carbocycles. The second-order valence-corrected chi connectivity index (χ2v) is 5.82. The fourth-order valence-electron chi connectivity index (χ4n) is 3.59. The molecule has 0 bridgehead atoms. The maximum atomic E-state index is 2.36. The molecule has 3 aromatic rings. The lowest BCUT2D eigenvalue weighted by molar-refractivity contribution is 1.20. The van der Waals surface area contributed by atoms with Gasteiger partial charge in [0, 0.05) is 0 Å². The molecule has 0 amide bonds. The maximum absolute atomic E-state index is 2.36. The second-order valence-electron chi connectivity index (χ2n) is 5.82. The molecule has 21 heavy (non-hydrogen) atoms. The third-order valence-corrected chi connectivity index (χ3v) is 4.64. The van der Waals surface area contributed by atoms with E-state index in [0.717, 1.165) is 6.42 Å². The average molecular weight is 266 g/mol. The van der Waals surface area contributed by atoms with Crippen molar-refractivity contribution in [2.24, 2.45) is 0 Å². The van der Waals surface area contributed by atoms with Gasteiger partial charge in [0.25, 0.3) is 0 Å². The first kappa shape index (κ1) is 11.1. The summed E-state index contributed by atoms with van der Waals surface area (Å²) < 4.78 is 0. The first-order chi connectivity index (χ1) is 10.4. The van der Waals surface area contributed by atoms with Gasteiger partial charge in [-0.3, -0.25) is 0 Å². The van der Waals surface area contributed by atoms with Crippen molar-refractivity contribution in [3.05, 3.63) is 92.7 Å². The van der Waals surface area contributed by atoms with E-state index in [0.29, 0.717) is 0 Å². The Kier molecular flexibility index (Phi) is 2.09. The monoisotopic (exact) mass is 266 g/mol. The Morgan fingerprint density at radius 2 is 1.62 bits per heavy atom. The van der Waals surface area contributed by atoms with E-state index in [-0.39, 0.29) is 0 Å². The van der Waals surface area contributed by atoms with Crippen molar-refractivity contribution in [1.29, 1.82) is 0 Å². The largest absolute Gasteiger partial charge is 0.0801 e. The fourth-order valence-corrected chi connectivity index (χ4v) is 3.59. The molecule has 0 atom stereocenters. The average Bonchev–Trinajstić information content (AvgIpc) is 2.90. The minimum Gasteiger partial charge on any atom is -0.0801 e. The smallest absolute Gasteiger partial charge is 0.00822 e. The Hall–Kier alpha value is -2.60. The van der Waals surface area contributed by atoms with Crippen molar-refractivity contribution in [2.45, 2.75) is 6.42 Å². The molecule has 0 spiro atoms. The zero-order valence-electron chi connectivity index (χ0n) is 11.6. The van der Waals surface area contributed by atoms with Gasteiger partial charge in [0.2, 0.25) is 0 Å². The van der Waals surface area contributed by atoms with Crippen LogP contribution in [0.15, 0.2) is 60.7 Å². The molecule has 0 unspecified atom stereocenters. The van der Waals surface area contributed by atoms with Crippen LogP contribution in [0, 0.1) is 10.4 Å². The Morgan fingerprint density at radius 1 is 0.762 bits per heavy atom. The normalized spacial score (nSPS) is 14.1. The molecule has 0 saturated heterocycles. The fraction of sp³-hybridized carbons (Fsp3) is 0.0476. The highest BCUT2D eigenvalue weighted by Crippen LogP contribution is 2.18. The van der Waals surface area contributed by atoms with E-state index in [2.05, 4.69) is 72.8 Å². The molecule has 0 aromatic heterocycles. The van der Waals surface area contributed by atoms with Crippen LogP contribution in [-0.4, -0.2) is 0 Å². The van der Waals surface area contributed by atoms with Gasteiger partial charge in [0.15, 0.2) is 0 Å². The number of rotatable bonds is 0. The number of benzene rings is 3. The zero-order chi connectivity index (χ0) is 13.8. The van der Waals surface area contributed by atoms with Crippen molar-refractivity contribution in [1.82, 2.24) is 0 Å². The maximum Gasteiger partial charge on any atom is -0.00822 e.